The van der Waals surface area contributed by atoms with Gasteiger partial charge in [-0.1, -0.05) is 20.3 Å². The van der Waals surface area contributed by atoms with E-state index in [0.717, 1.165) is 6.42 Å². The maximum atomic E-state index is 11.9. The number of allylic oxidation sites excluding steroid dienone is 2. The highest BCUT2D eigenvalue weighted by molar-refractivity contribution is 6.41. The van der Waals surface area contributed by atoms with Gasteiger partial charge < -0.3 is 11.1 Å². The van der Waals surface area contributed by atoms with Crippen molar-refractivity contribution in [3.05, 3.63) is 24.6 Å². The van der Waals surface area contributed by atoms with Gasteiger partial charge in [0, 0.05) is 12.4 Å². The normalized spacial score (nSPS) is 18.7. The van der Waals surface area contributed by atoms with Gasteiger partial charge in [-0.25, -0.2) is 4.99 Å². The fourth-order valence-corrected chi connectivity index (χ4v) is 1.19. The van der Waals surface area contributed by atoms with E-state index in [1.807, 2.05) is 13.8 Å². The zero-order chi connectivity index (χ0) is 11.3. The minimum Gasteiger partial charge on any atom is -0.344 e. The van der Waals surface area contributed by atoms with Gasteiger partial charge in [0.25, 0.3) is 0 Å². The summed E-state index contributed by atoms with van der Waals surface area (Å²) in [4.78, 5) is 15.9. The summed E-state index contributed by atoms with van der Waals surface area (Å²) in [5, 5.41) is 2.82. The van der Waals surface area contributed by atoms with E-state index < -0.39 is 6.04 Å². The second-order valence-electron chi connectivity index (χ2n) is 3.60. The van der Waals surface area contributed by atoms with E-state index in [2.05, 4.69) is 10.3 Å². The molecule has 1 aliphatic rings. The molecule has 0 saturated carbocycles. The van der Waals surface area contributed by atoms with E-state index in [4.69, 9.17) is 5.73 Å². The molecule has 3 N–H and O–H groups in total. The Morgan fingerprint density at radius 1 is 1.60 bits per heavy atom. The van der Waals surface area contributed by atoms with Crippen LogP contribution in [0.1, 0.15) is 20.3 Å². The van der Waals surface area contributed by atoms with Crippen LogP contribution in [0, 0.1) is 5.92 Å². The summed E-state index contributed by atoms with van der Waals surface area (Å²) < 4.78 is 0. The number of carbonyl (C=O) groups excluding carboxylic acids is 1. The molecule has 4 heteroatoms. The van der Waals surface area contributed by atoms with E-state index in [9.17, 15) is 4.79 Å². The van der Waals surface area contributed by atoms with Crippen molar-refractivity contribution < 1.29 is 4.79 Å². The molecule has 0 aliphatic carbocycles. The van der Waals surface area contributed by atoms with Gasteiger partial charge in [0.15, 0.2) is 5.84 Å². The molecular weight excluding hydrogens is 190 g/mol. The van der Waals surface area contributed by atoms with Crippen molar-refractivity contribution in [1.29, 1.82) is 0 Å². The molecule has 0 bridgehead atoms. The Morgan fingerprint density at radius 2 is 2.33 bits per heavy atom. The van der Waals surface area contributed by atoms with Crippen molar-refractivity contribution in [3.63, 3.8) is 0 Å². The highest BCUT2D eigenvalue weighted by Gasteiger charge is 2.23. The Bertz CT molecular complexity index is 318. The third-order valence-electron chi connectivity index (χ3n) is 2.51. The minimum absolute atomic E-state index is 0.138. The van der Waals surface area contributed by atoms with Crippen molar-refractivity contribution in [2.24, 2.45) is 16.6 Å². The molecule has 0 unspecified atom stereocenters. The Kier molecular flexibility index (Phi) is 4.24. The first-order valence-corrected chi connectivity index (χ1v) is 5.12. The number of Topliss-reactive ketones (excluding diaryl/α,β-unsaturated/α-hetero) is 1. The van der Waals surface area contributed by atoms with Gasteiger partial charge in [-0.2, -0.15) is 0 Å². The molecule has 0 aromatic carbocycles. The van der Waals surface area contributed by atoms with Crippen molar-refractivity contribution in [3.8, 4) is 0 Å². The molecule has 1 aliphatic heterocycles. The molecule has 1 rings (SSSR count). The lowest BCUT2D eigenvalue weighted by atomic mass is 9.96. The SMILES string of the molecule is CC[C@H](C)[C@H](N)C(=O)C1=NC=CC=CN1. The molecule has 0 aromatic rings. The second kappa shape index (κ2) is 5.46. The molecule has 0 spiro atoms. The van der Waals surface area contributed by atoms with Gasteiger partial charge in [0.05, 0.1) is 6.04 Å². The molecule has 1 heterocycles. The number of carbonyl (C=O) groups is 1. The number of hydrogen-bond acceptors (Lipinski definition) is 4. The minimum atomic E-state index is -0.485. The first kappa shape index (κ1) is 11.7. The van der Waals surface area contributed by atoms with Gasteiger partial charge >= 0.3 is 0 Å². The number of nitrogens with zero attached hydrogens (tertiary/aromatic N) is 1. The largest absolute Gasteiger partial charge is 0.344 e. The van der Waals surface area contributed by atoms with Crippen molar-refractivity contribution >= 4 is 11.6 Å². The average molecular weight is 207 g/mol. The molecule has 15 heavy (non-hydrogen) atoms. The summed E-state index contributed by atoms with van der Waals surface area (Å²) in [7, 11) is 0. The molecular formula is C11H17N3O. The third kappa shape index (κ3) is 3.02. The predicted octanol–water partition coefficient (Wildman–Crippen LogP) is 0.958. The Labute approximate surface area is 90.0 Å². The first-order chi connectivity index (χ1) is 7.16. The number of hydrogen-bond donors (Lipinski definition) is 2. The summed E-state index contributed by atoms with van der Waals surface area (Å²) in [6, 6.07) is -0.485. The molecule has 0 radical (unpaired) electrons. The summed E-state index contributed by atoms with van der Waals surface area (Å²) in [6.07, 6.45) is 7.66. The zero-order valence-corrected chi connectivity index (χ0v) is 9.10. The van der Waals surface area contributed by atoms with Gasteiger partial charge in [-0.05, 0) is 18.1 Å². The highest BCUT2D eigenvalue weighted by Crippen LogP contribution is 2.07. The molecule has 2 atom stereocenters. The van der Waals surface area contributed by atoms with Crippen LogP contribution in [0.15, 0.2) is 29.5 Å². The van der Waals surface area contributed by atoms with Crippen molar-refractivity contribution in [1.82, 2.24) is 5.32 Å². The number of rotatable bonds is 4. The monoisotopic (exact) mass is 207 g/mol. The molecule has 82 valence electrons. The lowest BCUT2D eigenvalue weighted by Gasteiger charge is -2.17. The van der Waals surface area contributed by atoms with Crippen LogP contribution in [0.3, 0.4) is 0 Å². The molecule has 4 nitrogen and oxygen atoms in total. The summed E-state index contributed by atoms with van der Waals surface area (Å²) in [5.74, 6) is 0.339. The quantitative estimate of drug-likeness (QED) is 0.721. The first-order valence-electron chi connectivity index (χ1n) is 5.12. The van der Waals surface area contributed by atoms with Crippen molar-refractivity contribution in [2.45, 2.75) is 26.3 Å². The Hall–Kier alpha value is -1.42. The number of nitrogens with one attached hydrogen (secondary N) is 1. The highest BCUT2D eigenvalue weighted by atomic mass is 16.1. The van der Waals surface area contributed by atoms with E-state index in [1.165, 1.54) is 0 Å². The summed E-state index contributed by atoms with van der Waals surface area (Å²) in [5.41, 5.74) is 5.83. The standard InChI is InChI=1S/C11H17N3O/c1-3-8(2)9(12)10(15)11-13-6-4-5-7-14-11/h4-9H,3,12H2,1-2H3,(H,13,14)/t8-,9-/m0/s1. The number of ketones is 1. The maximum Gasteiger partial charge on any atom is 0.214 e. The number of nitrogens with two attached hydrogens (primary N) is 1. The number of amidine groups is 1. The van der Waals surface area contributed by atoms with Crippen LogP contribution in [0.5, 0.6) is 0 Å². The average Bonchev–Trinajstić information content (AvgIpc) is 2.54. The molecule has 0 fully saturated rings. The Morgan fingerprint density at radius 3 is 3.00 bits per heavy atom. The van der Waals surface area contributed by atoms with E-state index in [1.54, 1.807) is 24.6 Å². The second-order valence-corrected chi connectivity index (χ2v) is 3.60. The zero-order valence-electron chi connectivity index (χ0n) is 9.10. The van der Waals surface area contributed by atoms with Crippen LogP contribution in [0.4, 0.5) is 0 Å². The van der Waals surface area contributed by atoms with Crippen LogP contribution < -0.4 is 11.1 Å². The summed E-state index contributed by atoms with van der Waals surface area (Å²) in [6.45, 7) is 3.98. The fourth-order valence-electron chi connectivity index (χ4n) is 1.19. The van der Waals surface area contributed by atoms with Crippen LogP contribution in [0.2, 0.25) is 0 Å². The third-order valence-corrected chi connectivity index (χ3v) is 2.51. The van der Waals surface area contributed by atoms with Gasteiger partial charge in [0.1, 0.15) is 0 Å². The van der Waals surface area contributed by atoms with Crippen LogP contribution in [0.25, 0.3) is 0 Å². The van der Waals surface area contributed by atoms with E-state index >= 15 is 0 Å². The van der Waals surface area contributed by atoms with Crippen LogP contribution >= 0.6 is 0 Å². The van der Waals surface area contributed by atoms with Crippen molar-refractivity contribution in [2.75, 3.05) is 0 Å². The van der Waals surface area contributed by atoms with E-state index in [0.29, 0.717) is 5.84 Å². The predicted molar refractivity (Wildman–Crippen MR) is 61.3 cm³/mol. The van der Waals surface area contributed by atoms with Gasteiger partial charge in [-0.3, -0.25) is 4.79 Å². The van der Waals surface area contributed by atoms with Gasteiger partial charge in [-0.15, -0.1) is 0 Å². The fraction of sp³-hybridized carbons (Fsp3) is 0.455. The lowest BCUT2D eigenvalue weighted by molar-refractivity contribution is -0.115. The van der Waals surface area contributed by atoms with Crippen LogP contribution in [-0.2, 0) is 4.79 Å². The van der Waals surface area contributed by atoms with Gasteiger partial charge in [0.2, 0.25) is 5.78 Å². The molecule has 0 saturated heterocycles. The smallest absolute Gasteiger partial charge is 0.214 e. The molecule has 0 amide bonds. The van der Waals surface area contributed by atoms with Crippen LogP contribution in [-0.4, -0.2) is 17.7 Å². The lowest BCUT2D eigenvalue weighted by Crippen LogP contribution is -2.44. The summed E-state index contributed by atoms with van der Waals surface area (Å²) >= 11 is 0. The molecule has 0 aromatic heterocycles. The van der Waals surface area contributed by atoms with E-state index in [-0.39, 0.29) is 11.7 Å². The maximum absolute atomic E-state index is 11.9. The topological polar surface area (TPSA) is 67.5 Å². The Balaban J connectivity index is 2.71. The number of aliphatic imine (C=N–C) groups is 1.